The lowest BCUT2D eigenvalue weighted by molar-refractivity contribution is -0.120. The fourth-order valence-corrected chi connectivity index (χ4v) is 4.91. The van der Waals surface area contributed by atoms with Crippen LogP contribution in [-0.2, 0) is 14.8 Å². The summed E-state index contributed by atoms with van der Waals surface area (Å²) >= 11 is 0. The topological polar surface area (TPSA) is 94.2 Å². The van der Waals surface area contributed by atoms with E-state index in [0.717, 1.165) is 4.31 Å². The van der Waals surface area contributed by atoms with Crippen LogP contribution >= 0.6 is 0 Å². The van der Waals surface area contributed by atoms with Gasteiger partial charge in [0.1, 0.15) is 25.0 Å². The number of nitrogens with one attached hydrogen (secondary N) is 1. The first-order chi connectivity index (χ1) is 16.5. The fraction of sp³-hybridized carbons (Fsp3) is 0.240. The van der Waals surface area contributed by atoms with E-state index in [1.807, 2.05) is 25.1 Å². The van der Waals surface area contributed by atoms with Gasteiger partial charge in [-0.25, -0.2) is 8.42 Å². The molecule has 1 aliphatic rings. The Hall–Kier alpha value is -3.72. The van der Waals surface area contributed by atoms with E-state index in [1.165, 1.54) is 12.1 Å². The summed E-state index contributed by atoms with van der Waals surface area (Å²) < 4.78 is 44.9. The van der Waals surface area contributed by atoms with Crippen LogP contribution in [-0.4, -0.2) is 46.7 Å². The van der Waals surface area contributed by atoms with Crippen molar-refractivity contribution >= 4 is 21.6 Å². The van der Waals surface area contributed by atoms with Crippen molar-refractivity contribution in [2.24, 2.45) is 0 Å². The summed E-state index contributed by atoms with van der Waals surface area (Å²) in [5.74, 6) is 1.38. The third-order valence-electron chi connectivity index (χ3n) is 5.15. The number of amides is 1. The van der Waals surface area contributed by atoms with Gasteiger partial charge in [0.05, 0.1) is 23.7 Å². The molecule has 8 nitrogen and oxygen atoms in total. The first-order valence-electron chi connectivity index (χ1n) is 10.9. The molecule has 1 amide bonds. The molecule has 0 aromatic heterocycles. The molecule has 1 heterocycles. The highest BCUT2D eigenvalue weighted by molar-refractivity contribution is 7.92. The number of carbonyl (C=O) groups is 1. The molecule has 0 saturated heterocycles. The molecule has 1 aliphatic heterocycles. The summed E-state index contributed by atoms with van der Waals surface area (Å²) in [6.45, 7) is 2.40. The van der Waals surface area contributed by atoms with E-state index < -0.39 is 15.9 Å². The number of para-hydroxylation sites is 3. The number of nitrogens with zero attached hydrogens (tertiary/aromatic N) is 1. The summed E-state index contributed by atoms with van der Waals surface area (Å²) in [4.78, 5) is 12.9. The van der Waals surface area contributed by atoms with E-state index in [4.69, 9.17) is 14.2 Å². The molecule has 9 heteroatoms. The summed E-state index contributed by atoms with van der Waals surface area (Å²) in [7, 11) is -4.00. The van der Waals surface area contributed by atoms with Crippen molar-refractivity contribution in [3.63, 3.8) is 0 Å². The van der Waals surface area contributed by atoms with Crippen molar-refractivity contribution in [2.75, 3.05) is 30.6 Å². The number of carbonyl (C=O) groups excluding carboxylic acids is 1. The monoisotopic (exact) mass is 482 g/mol. The van der Waals surface area contributed by atoms with Gasteiger partial charge in [-0.15, -0.1) is 0 Å². The molecule has 0 aliphatic carbocycles. The van der Waals surface area contributed by atoms with Crippen molar-refractivity contribution < 1.29 is 27.4 Å². The van der Waals surface area contributed by atoms with Gasteiger partial charge in [0.25, 0.3) is 10.0 Å². The summed E-state index contributed by atoms with van der Waals surface area (Å²) in [5.41, 5.74) is 0.387. The molecule has 1 N–H and O–H groups in total. The standard InChI is InChI=1S/C25H26N2O6S/c1-2-31-20-12-14-22(15-13-20)34(29,30)27(19-8-4-3-5-9-19)17-25(28)26-16-21-18-32-23-10-6-7-11-24(23)33-21/h3-15,21H,2,16-18H2,1H3,(H,26,28). The number of hydrogen-bond acceptors (Lipinski definition) is 6. The van der Waals surface area contributed by atoms with E-state index in [2.05, 4.69) is 5.32 Å². The maximum absolute atomic E-state index is 13.4. The van der Waals surface area contributed by atoms with E-state index in [1.54, 1.807) is 48.5 Å². The van der Waals surface area contributed by atoms with Crippen LogP contribution in [0.15, 0.2) is 83.8 Å². The average Bonchev–Trinajstić information content (AvgIpc) is 2.87. The highest BCUT2D eigenvalue weighted by atomic mass is 32.2. The van der Waals surface area contributed by atoms with Gasteiger partial charge in [0.15, 0.2) is 11.5 Å². The summed E-state index contributed by atoms with van der Waals surface area (Å²) in [5, 5.41) is 2.76. The first-order valence-corrected chi connectivity index (χ1v) is 12.4. The molecule has 178 valence electrons. The Kier molecular flexibility index (Phi) is 7.22. The molecule has 3 aromatic rings. The molecular weight excluding hydrogens is 456 g/mol. The molecule has 1 unspecified atom stereocenters. The first kappa shape index (κ1) is 23.4. The second-order valence-electron chi connectivity index (χ2n) is 7.55. The number of sulfonamides is 1. The third-order valence-corrected chi connectivity index (χ3v) is 6.94. The van der Waals surface area contributed by atoms with Gasteiger partial charge in [-0.1, -0.05) is 30.3 Å². The largest absolute Gasteiger partial charge is 0.494 e. The van der Waals surface area contributed by atoms with Crippen LogP contribution in [0.4, 0.5) is 5.69 Å². The smallest absolute Gasteiger partial charge is 0.264 e. The molecule has 0 fully saturated rings. The van der Waals surface area contributed by atoms with Crippen LogP contribution in [0.2, 0.25) is 0 Å². The SMILES string of the molecule is CCOc1ccc(S(=O)(=O)N(CC(=O)NCC2COc3ccccc3O2)c2ccccc2)cc1. The van der Waals surface area contributed by atoms with Gasteiger partial charge in [0.2, 0.25) is 5.91 Å². The Morgan fingerprint density at radius 1 is 1.00 bits per heavy atom. The predicted octanol–water partition coefficient (Wildman–Crippen LogP) is 3.24. The average molecular weight is 483 g/mol. The zero-order chi connectivity index (χ0) is 24.0. The van der Waals surface area contributed by atoms with Crippen molar-refractivity contribution in [1.29, 1.82) is 0 Å². The lowest BCUT2D eigenvalue weighted by Crippen LogP contribution is -2.45. The highest BCUT2D eigenvalue weighted by Crippen LogP contribution is 2.30. The number of fused-ring (bicyclic) bond motifs is 1. The molecule has 34 heavy (non-hydrogen) atoms. The number of benzene rings is 3. The second-order valence-corrected chi connectivity index (χ2v) is 9.42. The van der Waals surface area contributed by atoms with Crippen LogP contribution in [0, 0.1) is 0 Å². The minimum absolute atomic E-state index is 0.0632. The second kappa shape index (κ2) is 10.5. The maximum atomic E-state index is 13.4. The van der Waals surface area contributed by atoms with Gasteiger partial charge < -0.3 is 19.5 Å². The summed E-state index contributed by atoms with van der Waals surface area (Å²) in [6.07, 6.45) is -0.383. The normalized spacial score (nSPS) is 14.8. The van der Waals surface area contributed by atoms with Crippen LogP contribution in [0.3, 0.4) is 0 Å². The minimum atomic E-state index is -4.00. The van der Waals surface area contributed by atoms with Crippen molar-refractivity contribution in [3.8, 4) is 17.2 Å². The molecule has 3 aromatic carbocycles. The number of rotatable bonds is 9. The third kappa shape index (κ3) is 5.43. The highest BCUT2D eigenvalue weighted by Gasteiger charge is 2.28. The quantitative estimate of drug-likeness (QED) is 0.503. The van der Waals surface area contributed by atoms with E-state index >= 15 is 0 Å². The van der Waals surface area contributed by atoms with Gasteiger partial charge >= 0.3 is 0 Å². The molecule has 0 bridgehead atoms. The van der Waals surface area contributed by atoms with Gasteiger partial charge in [-0.3, -0.25) is 9.10 Å². The van der Waals surface area contributed by atoms with Crippen LogP contribution in [0.25, 0.3) is 0 Å². The minimum Gasteiger partial charge on any atom is -0.494 e. The number of hydrogen-bond donors (Lipinski definition) is 1. The molecular formula is C25H26N2O6S. The van der Waals surface area contributed by atoms with Gasteiger partial charge in [0, 0.05) is 0 Å². The van der Waals surface area contributed by atoms with Crippen molar-refractivity contribution in [3.05, 3.63) is 78.9 Å². The van der Waals surface area contributed by atoms with Gasteiger partial charge in [-0.05, 0) is 55.5 Å². The Balaban J connectivity index is 1.46. The van der Waals surface area contributed by atoms with Crippen LogP contribution in [0.1, 0.15) is 6.92 Å². The van der Waals surface area contributed by atoms with Gasteiger partial charge in [-0.2, -0.15) is 0 Å². The van der Waals surface area contributed by atoms with E-state index in [9.17, 15) is 13.2 Å². The van der Waals surface area contributed by atoms with E-state index in [0.29, 0.717) is 29.5 Å². The van der Waals surface area contributed by atoms with Crippen molar-refractivity contribution in [1.82, 2.24) is 5.32 Å². The van der Waals surface area contributed by atoms with Crippen LogP contribution < -0.4 is 23.8 Å². The molecule has 0 radical (unpaired) electrons. The summed E-state index contributed by atoms with van der Waals surface area (Å²) in [6, 6.07) is 22.0. The lowest BCUT2D eigenvalue weighted by Gasteiger charge is -2.27. The molecule has 0 spiro atoms. The zero-order valence-corrected chi connectivity index (χ0v) is 19.5. The Bertz CT molecular complexity index is 1220. The number of anilines is 1. The van der Waals surface area contributed by atoms with E-state index in [-0.39, 0.29) is 30.7 Å². The Labute approximate surface area is 199 Å². The molecule has 4 rings (SSSR count). The predicted molar refractivity (Wildman–Crippen MR) is 128 cm³/mol. The fourth-order valence-electron chi connectivity index (χ4n) is 3.49. The Morgan fingerprint density at radius 2 is 1.68 bits per heavy atom. The maximum Gasteiger partial charge on any atom is 0.264 e. The molecule has 1 atom stereocenters. The lowest BCUT2D eigenvalue weighted by atomic mass is 10.2. The molecule has 0 saturated carbocycles. The number of ether oxygens (including phenoxy) is 3. The van der Waals surface area contributed by atoms with Crippen LogP contribution in [0.5, 0.6) is 17.2 Å². The zero-order valence-electron chi connectivity index (χ0n) is 18.7. The van der Waals surface area contributed by atoms with Crippen molar-refractivity contribution in [2.45, 2.75) is 17.9 Å². The Morgan fingerprint density at radius 3 is 2.38 bits per heavy atom.